The number of benzene rings is 7. The lowest BCUT2D eigenvalue weighted by Crippen LogP contribution is -2.22. The summed E-state index contributed by atoms with van der Waals surface area (Å²) < 4.78 is 0. The van der Waals surface area contributed by atoms with Gasteiger partial charge in [0.1, 0.15) is 0 Å². The fourth-order valence-corrected chi connectivity index (χ4v) is 7.18. The van der Waals surface area contributed by atoms with Crippen LogP contribution in [-0.4, -0.2) is 0 Å². The quantitative estimate of drug-likeness (QED) is 0.138. The van der Waals surface area contributed by atoms with Crippen LogP contribution in [0.15, 0.2) is 182 Å². The summed E-state index contributed by atoms with van der Waals surface area (Å²) in [5.41, 5.74) is 14.0. The maximum absolute atomic E-state index is 2.47. The predicted molar refractivity (Wildman–Crippen MR) is 214 cm³/mol. The minimum Gasteiger partial charge on any atom is -0.310 e. The van der Waals surface area contributed by atoms with Crippen LogP contribution < -0.4 is 14.7 Å². The number of hydrogen-bond donors (Lipinski definition) is 0. The zero-order valence-corrected chi connectivity index (χ0v) is 29.1. The topological polar surface area (TPSA) is 9.72 Å². The van der Waals surface area contributed by atoms with Crippen molar-refractivity contribution < 1.29 is 0 Å². The number of nitrogens with zero attached hydrogens (tertiary/aromatic N) is 3. The number of anilines is 9. The van der Waals surface area contributed by atoms with Crippen molar-refractivity contribution in [3.63, 3.8) is 0 Å². The monoisotopic (exact) mass is 649 g/mol. The molecule has 0 spiro atoms. The van der Waals surface area contributed by atoms with Crippen molar-refractivity contribution in [1.82, 2.24) is 0 Å². The molecule has 3 heteroatoms. The molecule has 246 valence electrons. The van der Waals surface area contributed by atoms with Crippen LogP contribution in [-0.2, 0) is 6.42 Å². The molecule has 0 heterocycles. The van der Waals surface area contributed by atoms with Crippen molar-refractivity contribution in [3.05, 3.63) is 199 Å². The van der Waals surface area contributed by atoms with Crippen LogP contribution in [0, 0.1) is 13.8 Å². The Hall–Kier alpha value is -6.06. The van der Waals surface area contributed by atoms with Crippen molar-refractivity contribution in [1.29, 1.82) is 0 Å². The highest BCUT2D eigenvalue weighted by Crippen LogP contribution is 2.53. The molecule has 0 aromatic heterocycles. The molecular formula is C47H43N3. The van der Waals surface area contributed by atoms with Crippen LogP contribution >= 0.6 is 0 Å². The van der Waals surface area contributed by atoms with E-state index in [2.05, 4.69) is 217 Å². The summed E-state index contributed by atoms with van der Waals surface area (Å²) >= 11 is 0. The van der Waals surface area contributed by atoms with Crippen molar-refractivity contribution in [2.75, 3.05) is 14.7 Å². The van der Waals surface area contributed by atoms with Crippen molar-refractivity contribution in [3.8, 4) is 0 Å². The third kappa shape index (κ3) is 6.38. The molecule has 7 rings (SSSR count). The third-order valence-corrected chi connectivity index (χ3v) is 9.25. The van der Waals surface area contributed by atoms with E-state index in [1.807, 2.05) is 0 Å². The summed E-state index contributed by atoms with van der Waals surface area (Å²) in [5, 5.41) is 0. The van der Waals surface area contributed by atoms with Gasteiger partial charge in [-0.3, -0.25) is 0 Å². The Bertz CT molecular complexity index is 1890. The number of rotatable bonds is 11. The van der Waals surface area contributed by atoms with Gasteiger partial charge in [-0.2, -0.15) is 0 Å². The lowest BCUT2D eigenvalue weighted by molar-refractivity contribution is 0.911. The average molecular weight is 650 g/mol. The Morgan fingerprint density at radius 1 is 0.320 bits per heavy atom. The summed E-state index contributed by atoms with van der Waals surface area (Å²) in [7, 11) is 0. The molecule has 3 nitrogen and oxygen atoms in total. The van der Waals surface area contributed by atoms with Gasteiger partial charge in [-0.15, -0.1) is 0 Å². The van der Waals surface area contributed by atoms with Crippen LogP contribution in [0.5, 0.6) is 0 Å². The molecule has 7 aromatic rings. The first-order valence-corrected chi connectivity index (χ1v) is 17.5. The van der Waals surface area contributed by atoms with Gasteiger partial charge < -0.3 is 14.7 Å². The van der Waals surface area contributed by atoms with Crippen molar-refractivity contribution >= 4 is 51.2 Å². The minimum atomic E-state index is 0.898. The first-order valence-electron chi connectivity index (χ1n) is 17.5. The van der Waals surface area contributed by atoms with Crippen molar-refractivity contribution in [2.45, 2.75) is 33.6 Å². The van der Waals surface area contributed by atoms with E-state index in [-0.39, 0.29) is 0 Å². The minimum absolute atomic E-state index is 0.898. The van der Waals surface area contributed by atoms with Gasteiger partial charge in [-0.1, -0.05) is 123 Å². The number of hydrogen-bond acceptors (Lipinski definition) is 3. The Labute approximate surface area is 297 Å². The molecule has 0 saturated carbocycles. The van der Waals surface area contributed by atoms with Crippen LogP contribution in [0.3, 0.4) is 0 Å². The second kappa shape index (κ2) is 15.0. The Kier molecular flexibility index (Phi) is 9.75. The highest BCUT2D eigenvalue weighted by Gasteiger charge is 2.31. The normalized spacial score (nSPS) is 10.9. The van der Waals surface area contributed by atoms with E-state index >= 15 is 0 Å². The molecule has 0 radical (unpaired) electrons. The van der Waals surface area contributed by atoms with Crippen LogP contribution in [0.1, 0.15) is 30.0 Å². The molecule has 7 aromatic carbocycles. The van der Waals surface area contributed by atoms with Gasteiger partial charge >= 0.3 is 0 Å². The SMILES string of the molecule is CCCc1c(N(c2ccccc2)c2ccccc2)c(C)c(N(c2ccccc2)c2ccccc2)c(C)c1N(c1ccccc1)c1ccccc1. The van der Waals surface area contributed by atoms with Crippen molar-refractivity contribution in [2.24, 2.45) is 0 Å². The first kappa shape index (κ1) is 32.5. The molecule has 0 bridgehead atoms. The highest BCUT2D eigenvalue weighted by atomic mass is 15.2. The van der Waals surface area contributed by atoms with E-state index in [1.165, 1.54) is 33.8 Å². The summed E-state index contributed by atoms with van der Waals surface area (Å²) in [5.74, 6) is 0. The Morgan fingerprint density at radius 3 is 0.760 bits per heavy atom. The molecule has 0 N–H and O–H groups in total. The van der Waals surface area contributed by atoms with E-state index in [9.17, 15) is 0 Å². The smallest absolute Gasteiger partial charge is 0.0564 e. The van der Waals surface area contributed by atoms with E-state index in [4.69, 9.17) is 0 Å². The zero-order chi connectivity index (χ0) is 34.3. The van der Waals surface area contributed by atoms with Gasteiger partial charge in [0.15, 0.2) is 0 Å². The van der Waals surface area contributed by atoms with Gasteiger partial charge in [-0.05, 0) is 104 Å². The summed E-state index contributed by atoms with van der Waals surface area (Å²) in [6, 6.07) is 64.8. The number of para-hydroxylation sites is 6. The lowest BCUT2D eigenvalue weighted by atomic mass is 9.91. The van der Waals surface area contributed by atoms with Crippen LogP contribution in [0.4, 0.5) is 51.2 Å². The predicted octanol–water partition coefficient (Wildman–Crippen LogP) is 13.7. The maximum atomic E-state index is 2.47. The van der Waals surface area contributed by atoms with Gasteiger partial charge in [0.25, 0.3) is 0 Å². The summed E-state index contributed by atoms with van der Waals surface area (Å²) in [6.45, 7) is 6.92. The summed E-state index contributed by atoms with van der Waals surface area (Å²) in [4.78, 5) is 7.37. The lowest BCUT2D eigenvalue weighted by Gasteiger charge is -2.39. The summed E-state index contributed by atoms with van der Waals surface area (Å²) in [6.07, 6.45) is 1.89. The van der Waals surface area contributed by atoms with Crippen LogP contribution in [0.25, 0.3) is 0 Å². The standard InChI is InChI=1S/C47H43N3/c1-4-23-44-46(49(40-28-15-7-16-29-40)41-30-17-8-18-31-41)36(2)45(48(38-24-11-5-12-25-38)39-26-13-6-14-27-39)37(3)47(44)50(42-32-19-9-20-33-42)43-34-21-10-22-35-43/h5-22,24-35H,4,23H2,1-3H3. The molecule has 0 aliphatic rings. The largest absolute Gasteiger partial charge is 0.310 e. The molecule has 0 aliphatic heterocycles. The second-order valence-corrected chi connectivity index (χ2v) is 12.5. The van der Waals surface area contributed by atoms with Gasteiger partial charge in [0, 0.05) is 39.7 Å². The van der Waals surface area contributed by atoms with Gasteiger partial charge in [-0.25, -0.2) is 0 Å². The van der Waals surface area contributed by atoms with Gasteiger partial charge in [0.2, 0.25) is 0 Å². The first-order chi connectivity index (χ1) is 24.7. The van der Waals surface area contributed by atoms with E-state index in [0.29, 0.717) is 0 Å². The molecule has 0 saturated heterocycles. The van der Waals surface area contributed by atoms with Gasteiger partial charge in [0.05, 0.1) is 17.1 Å². The molecule has 0 fully saturated rings. The fourth-order valence-electron chi connectivity index (χ4n) is 7.18. The molecule has 50 heavy (non-hydrogen) atoms. The highest BCUT2D eigenvalue weighted by molar-refractivity contribution is 5.97. The van der Waals surface area contributed by atoms with E-state index < -0.39 is 0 Å². The second-order valence-electron chi connectivity index (χ2n) is 12.5. The van der Waals surface area contributed by atoms with E-state index in [0.717, 1.165) is 47.0 Å². The molecule has 0 amide bonds. The molecular weight excluding hydrogens is 607 g/mol. The zero-order valence-electron chi connectivity index (χ0n) is 29.1. The molecule has 0 aliphatic carbocycles. The Morgan fingerprint density at radius 2 is 0.540 bits per heavy atom. The maximum Gasteiger partial charge on any atom is 0.0564 e. The fraction of sp³-hybridized carbons (Fsp3) is 0.106. The molecule has 0 atom stereocenters. The average Bonchev–Trinajstić information content (AvgIpc) is 3.18. The Balaban J connectivity index is 1.67. The van der Waals surface area contributed by atoms with E-state index in [1.54, 1.807) is 0 Å². The van der Waals surface area contributed by atoms with Crippen LogP contribution in [0.2, 0.25) is 0 Å². The third-order valence-electron chi connectivity index (χ3n) is 9.25. The molecule has 0 unspecified atom stereocenters.